The first-order valence-electron chi connectivity index (χ1n) is 4.39. The Labute approximate surface area is 80.7 Å². The summed E-state index contributed by atoms with van der Waals surface area (Å²) in [6, 6.07) is 0. The number of aliphatic imine (C=N–C) groups is 1. The minimum atomic E-state index is -0.661. The molecule has 0 aromatic heterocycles. The minimum Gasteiger partial charge on any atom is -0.379 e. The first kappa shape index (κ1) is 9.14. The van der Waals surface area contributed by atoms with Gasteiger partial charge in [-0.15, -0.1) is 0 Å². The summed E-state index contributed by atoms with van der Waals surface area (Å²) in [4.78, 5) is 25.9. The van der Waals surface area contributed by atoms with Crippen molar-refractivity contribution in [3.63, 3.8) is 0 Å². The smallest absolute Gasteiger partial charge is 0.316 e. The number of guanidine groups is 1. The summed E-state index contributed by atoms with van der Waals surface area (Å²) in [5.74, 6) is -1.09. The number of hydrogen-bond acceptors (Lipinski definition) is 4. The van der Waals surface area contributed by atoms with Crippen molar-refractivity contribution in [2.24, 2.45) is 4.99 Å². The van der Waals surface area contributed by atoms with Crippen molar-refractivity contribution in [3.8, 4) is 0 Å². The molecule has 6 nitrogen and oxygen atoms in total. The Bertz CT molecular complexity index is 300. The number of hydrogen-bond donors (Lipinski definition) is 2. The molecule has 1 unspecified atom stereocenters. The molecule has 2 heterocycles. The normalized spacial score (nSPS) is 31.6. The van der Waals surface area contributed by atoms with Crippen LogP contribution in [0.25, 0.3) is 0 Å². The predicted octanol–water partition coefficient (Wildman–Crippen LogP) is -1.23. The van der Waals surface area contributed by atoms with Gasteiger partial charge in [-0.05, 0) is 13.3 Å². The number of nitrogens with one attached hydrogen (secondary N) is 2. The molecule has 0 saturated carbocycles. The third kappa shape index (κ3) is 1.60. The molecular weight excluding hydrogens is 186 g/mol. The highest BCUT2D eigenvalue weighted by molar-refractivity contribution is 6.45. The van der Waals surface area contributed by atoms with E-state index in [0.29, 0.717) is 13.2 Å². The molecule has 0 bridgehead atoms. The highest BCUT2D eigenvalue weighted by atomic mass is 16.5. The number of carbonyl (C=O) groups excluding carboxylic acids is 2. The number of ether oxygens (including phenoxy) is 1. The summed E-state index contributed by atoms with van der Waals surface area (Å²) in [5.41, 5.74) is -0.333. The average molecular weight is 197 g/mol. The first-order valence-corrected chi connectivity index (χ1v) is 4.39. The van der Waals surface area contributed by atoms with Crippen LogP contribution in [-0.2, 0) is 14.3 Å². The Morgan fingerprint density at radius 2 is 2.00 bits per heavy atom. The zero-order valence-electron chi connectivity index (χ0n) is 7.79. The van der Waals surface area contributed by atoms with Crippen LogP contribution in [0.4, 0.5) is 0 Å². The minimum absolute atomic E-state index is 0.230. The molecule has 2 aliphatic heterocycles. The molecule has 0 aromatic rings. The Morgan fingerprint density at radius 1 is 1.36 bits per heavy atom. The second-order valence-electron chi connectivity index (χ2n) is 3.67. The van der Waals surface area contributed by atoms with Crippen LogP contribution in [-0.4, -0.2) is 36.5 Å². The fourth-order valence-electron chi connectivity index (χ4n) is 1.43. The Morgan fingerprint density at radius 3 is 2.50 bits per heavy atom. The van der Waals surface area contributed by atoms with Gasteiger partial charge in [-0.3, -0.25) is 20.2 Å². The summed E-state index contributed by atoms with van der Waals surface area (Å²) in [6.45, 7) is 3.10. The lowest BCUT2D eigenvalue weighted by Gasteiger charge is -2.15. The van der Waals surface area contributed by atoms with E-state index >= 15 is 0 Å². The molecule has 2 N–H and O–H groups in total. The lowest BCUT2D eigenvalue weighted by atomic mass is 10.0. The van der Waals surface area contributed by atoms with Gasteiger partial charge in [0.2, 0.25) is 5.96 Å². The fraction of sp³-hybridized carbons (Fsp3) is 0.625. The van der Waals surface area contributed by atoms with Crippen molar-refractivity contribution in [2.75, 3.05) is 13.2 Å². The van der Waals surface area contributed by atoms with Crippen LogP contribution >= 0.6 is 0 Å². The van der Waals surface area contributed by atoms with Gasteiger partial charge in [0.25, 0.3) is 0 Å². The van der Waals surface area contributed by atoms with Gasteiger partial charge in [0, 0.05) is 6.61 Å². The highest BCUT2D eigenvalue weighted by Crippen LogP contribution is 2.22. The topological polar surface area (TPSA) is 79.8 Å². The number of carbonyl (C=O) groups is 2. The van der Waals surface area contributed by atoms with Crippen molar-refractivity contribution in [1.82, 2.24) is 10.6 Å². The second kappa shape index (κ2) is 3.06. The van der Waals surface area contributed by atoms with Crippen LogP contribution in [0.2, 0.25) is 0 Å². The third-order valence-corrected chi connectivity index (χ3v) is 2.25. The summed E-state index contributed by atoms with van der Waals surface area (Å²) in [7, 11) is 0. The summed E-state index contributed by atoms with van der Waals surface area (Å²) in [6.07, 6.45) is 0.794. The molecule has 2 saturated heterocycles. The number of nitrogens with zero attached hydrogens (tertiary/aromatic N) is 1. The standard InChI is InChI=1S/C8H11N3O3/c1-8(2-3-14-4-8)11-7-9-5(12)6(13)10-7/h2-4H2,1H3,(H2,9,10,11,12,13). The molecule has 2 rings (SSSR count). The Kier molecular flexibility index (Phi) is 1.99. The monoisotopic (exact) mass is 197 g/mol. The van der Waals surface area contributed by atoms with E-state index in [4.69, 9.17) is 4.74 Å². The number of amides is 2. The van der Waals surface area contributed by atoms with Crippen LogP contribution in [0.1, 0.15) is 13.3 Å². The lowest BCUT2D eigenvalue weighted by Crippen LogP contribution is -2.33. The summed E-state index contributed by atoms with van der Waals surface area (Å²) >= 11 is 0. The van der Waals surface area contributed by atoms with Gasteiger partial charge in [-0.2, -0.15) is 0 Å². The van der Waals surface area contributed by atoms with E-state index in [-0.39, 0.29) is 11.5 Å². The molecule has 2 aliphatic rings. The van der Waals surface area contributed by atoms with Crippen LogP contribution in [0.5, 0.6) is 0 Å². The van der Waals surface area contributed by atoms with Gasteiger partial charge < -0.3 is 4.74 Å². The summed E-state index contributed by atoms with van der Waals surface area (Å²) < 4.78 is 5.19. The van der Waals surface area contributed by atoms with E-state index in [2.05, 4.69) is 15.6 Å². The van der Waals surface area contributed by atoms with Crippen LogP contribution < -0.4 is 10.6 Å². The average Bonchev–Trinajstić information content (AvgIpc) is 2.62. The maximum Gasteiger partial charge on any atom is 0.316 e. The van der Waals surface area contributed by atoms with Gasteiger partial charge in [0.15, 0.2) is 0 Å². The second-order valence-corrected chi connectivity index (χ2v) is 3.67. The maximum atomic E-state index is 10.8. The highest BCUT2D eigenvalue weighted by Gasteiger charge is 2.33. The van der Waals surface area contributed by atoms with Gasteiger partial charge in [0.1, 0.15) is 0 Å². The van der Waals surface area contributed by atoms with Gasteiger partial charge in [-0.25, -0.2) is 4.99 Å². The van der Waals surface area contributed by atoms with Crippen molar-refractivity contribution >= 4 is 17.8 Å². The van der Waals surface area contributed by atoms with E-state index in [0.717, 1.165) is 6.42 Å². The molecule has 6 heteroatoms. The van der Waals surface area contributed by atoms with E-state index in [9.17, 15) is 9.59 Å². The van der Waals surface area contributed by atoms with Crippen LogP contribution in [0.15, 0.2) is 4.99 Å². The molecule has 2 amide bonds. The SMILES string of the molecule is CC1(N=C2NC(=O)C(=O)N2)CCOC1. The molecule has 2 fully saturated rings. The van der Waals surface area contributed by atoms with Crippen LogP contribution in [0, 0.1) is 0 Å². The van der Waals surface area contributed by atoms with Crippen LogP contribution in [0.3, 0.4) is 0 Å². The first-order chi connectivity index (χ1) is 6.59. The quantitative estimate of drug-likeness (QED) is 0.516. The third-order valence-electron chi connectivity index (χ3n) is 2.25. The summed E-state index contributed by atoms with van der Waals surface area (Å²) in [5, 5.41) is 4.70. The lowest BCUT2D eigenvalue weighted by molar-refractivity contribution is -0.135. The van der Waals surface area contributed by atoms with Crippen molar-refractivity contribution in [3.05, 3.63) is 0 Å². The van der Waals surface area contributed by atoms with Gasteiger partial charge >= 0.3 is 11.8 Å². The molecule has 14 heavy (non-hydrogen) atoms. The largest absolute Gasteiger partial charge is 0.379 e. The Hall–Kier alpha value is -1.43. The van der Waals surface area contributed by atoms with E-state index < -0.39 is 11.8 Å². The predicted molar refractivity (Wildman–Crippen MR) is 47.6 cm³/mol. The molecule has 0 radical (unpaired) electrons. The van der Waals surface area contributed by atoms with Gasteiger partial charge in [0.05, 0.1) is 12.1 Å². The molecule has 1 atom stereocenters. The Balaban J connectivity index is 2.12. The fourth-order valence-corrected chi connectivity index (χ4v) is 1.43. The van der Waals surface area contributed by atoms with Crippen molar-refractivity contribution < 1.29 is 14.3 Å². The van der Waals surface area contributed by atoms with E-state index in [1.54, 1.807) is 0 Å². The molecule has 0 spiro atoms. The maximum absolute atomic E-state index is 10.8. The molecule has 76 valence electrons. The molecule has 0 aromatic carbocycles. The molecular formula is C8H11N3O3. The zero-order chi connectivity index (χ0) is 10.2. The van der Waals surface area contributed by atoms with Gasteiger partial charge in [-0.1, -0.05) is 0 Å². The van der Waals surface area contributed by atoms with Crippen molar-refractivity contribution in [2.45, 2.75) is 18.9 Å². The van der Waals surface area contributed by atoms with E-state index in [1.807, 2.05) is 6.92 Å². The number of rotatable bonds is 1. The molecule has 0 aliphatic carbocycles. The van der Waals surface area contributed by atoms with Crippen molar-refractivity contribution in [1.29, 1.82) is 0 Å². The zero-order valence-corrected chi connectivity index (χ0v) is 7.79. The van der Waals surface area contributed by atoms with E-state index in [1.165, 1.54) is 0 Å².